The quantitative estimate of drug-likeness (QED) is 0.372. The van der Waals surface area contributed by atoms with Gasteiger partial charge in [0.15, 0.2) is 12.5 Å². The van der Waals surface area contributed by atoms with Crippen molar-refractivity contribution in [2.75, 3.05) is 0 Å². The summed E-state index contributed by atoms with van der Waals surface area (Å²) in [6, 6.07) is 0. The van der Waals surface area contributed by atoms with E-state index >= 15 is 0 Å². The van der Waals surface area contributed by atoms with Crippen molar-refractivity contribution in [3.63, 3.8) is 0 Å². The van der Waals surface area contributed by atoms with Crippen LogP contribution in [0.1, 0.15) is 0 Å². The van der Waals surface area contributed by atoms with Gasteiger partial charge in [-0.3, -0.25) is 5.32 Å². The van der Waals surface area contributed by atoms with Crippen LogP contribution in [0.3, 0.4) is 0 Å². The average Bonchev–Trinajstić information content (AvgIpc) is 2.59. The van der Waals surface area contributed by atoms with Crippen molar-refractivity contribution < 1.29 is 9.47 Å². The van der Waals surface area contributed by atoms with Crippen LogP contribution in [0.4, 0.5) is 0 Å². The molecule has 2 saturated heterocycles. The van der Waals surface area contributed by atoms with Crippen LogP contribution >= 0.6 is 0 Å². The first-order valence-electron chi connectivity index (χ1n) is 2.85. The van der Waals surface area contributed by atoms with Gasteiger partial charge >= 0.3 is 0 Å². The van der Waals surface area contributed by atoms with E-state index < -0.39 is 0 Å². The van der Waals surface area contributed by atoms with Crippen LogP contribution in [0, 0.1) is 0 Å². The highest BCUT2D eigenvalue weighted by Crippen LogP contribution is 2.20. The van der Waals surface area contributed by atoms with Gasteiger partial charge in [0.05, 0.1) is 0 Å². The minimum atomic E-state index is -0.165. The second-order valence-corrected chi connectivity index (χ2v) is 2.21. The first-order chi connectivity index (χ1) is 4.27. The van der Waals surface area contributed by atoms with E-state index in [1.807, 2.05) is 0 Å². The third-order valence-corrected chi connectivity index (χ3v) is 1.38. The Kier molecular flexibility index (Phi) is 1.02. The van der Waals surface area contributed by atoms with E-state index in [1.165, 1.54) is 0 Å². The van der Waals surface area contributed by atoms with E-state index in [9.17, 15) is 0 Å². The molecule has 5 N–H and O–H groups in total. The first-order valence-corrected chi connectivity index (χ1v) is 2.85. The van der Waals surface area contributed by atoms with Gasteiger partial charge in [-0.15, -0.1) is 0 Å². The molecule has 0 aromatic carbocycles. The minimum Gasteiger partial charge on any atom is -0.337 e. The lowest BCUT2D eigenvalue weighted by atomic mass is 10.6. The molecule has 2 heterocycles. The van der Waals surface area contributed by atoms with Crippen LogP contribution in [-0.2, 0) is 9.47 Å². The van der Waals surface area contributed by atoms with Crippen LogP contribution < -0.4 is 16.8 Å². The zero-order chi connectivity index (χ0) is 6.43. The van der Waals surface area contributed by atoms with Crippen LogP contribution in [0.25, 0.3) is 0 Å². The summed E-state index contributed by atoms with van der Waals surface area (Å²) in [4.78, 5) is 0. The van der Waals surface area contributed by atoms with Crippen molar-refractivity contribution >= 4 is 0 Å². The Morgan fingerprint density at radius 2 is 1.33 bits per heavy atom. The van der Waals surface area contributed by atoms with Gasteiger partial charge in [-0.05, 0) is 0 Å². The molecule has 0 amide bonds. The molecule has 0 aromatic rings. The van der Waals surface area contributed by atoms with Crippen molar-refractivity contribution in [3.05, 3.63) is 0 Å². The monoisotopic (exact) mass is 131 g/mol. The molecule has 0 spiro atoms. The Balaban J connectivity index is 1.69. The van der Waals surface area contributed by atoms with E-state index in [-0.39, 0.29) is 24.9 Å². The fourth-order valence-electron chi connectivity index (χ4n) is 0.678. The predicted octanol–water partition coefficient (Wildman–Crippen LogP) is -2.14. The Morgan fingerprint density at radius 1 is 1.00 bits per heavy atom. The summed E-state index contributed by atoms with van der Waals surface area (Å²) < 4.78 is 9.69. The van der Waals surface area contributed by atoms with Crippen LogP contribution in [0.15, 0.2) is 0 Å². The molecule has 4 atom stereocenters. The number of epoxide rings is 2. The van der Waals surface area contributed by atoms with Gasteiger partial charge in [-0.1, -0.05) is 0 Å². The van der Waals surface area contributed by atoms with Gasteiger partial charge in [0, 0.05) is 0 Å². The Bertz CT molecular complexity index is 117. The SMILES string of the molecule is NC1OC1NC1OC1N. The Labute approximate surface area is 52.3 Å². The van der Waals surface area contributed by atoms with Crippen molar-refractivity contribution in [3.8, 4) is 0 Å². The standard InChI is InChI=1S/C4H9N3O2/c5-1-3(8-1)7-4-2(6)9-4/h1-4,7H,5-6H2. The minimum absolute atomic E-state index is 0.0384. The average molecular weight is 131 g/mol. The molecular formula is C4H9N3O2. The van der Waals surface area contributed by atoms with Gasteiger partial charge in [0.1, 0.15) is 12.5 Å². The number of rotatable bonds is 2. The van der Waals surface area contributed by atoms with Crippen LogP contribution in [-0.4, -0.2) is 24.9 Å². The summed E-state index contributed by atoms with van der Waals surface area (Å²) >= 11 is 0. The van der Waals surface area contributed by atoms with Crippen molar-refractivity contribution in [2.45, 2.75) is 24.9 Å². The van der Waals surface area contributed by atoms with Gasteiger partial charge < -0.3 is 20.9 Å². The molecule has 5 heteroatoms. The number of nitrogens with one attached hydrogen (secondary N) is 1. The lowest BCUT2D eigenvalue weighted by Gasteiger charge is -1.89. The molecule has 5 nitrogen and oxygen atoms in total. The van der Waals surface area contributed by atoms with Crippen molar-refractivity contribution in [2.24, 2.45) is 11.5 Å². The molecular weight excluding hydrogens is 122 g/mol. The molecule has 2 rings (SSSR count). The van der Waals surface area contributed by atoms with Crippen molar-refractivity contribution in [1.29, 1.82) is 0 Å². The molecule has 9 heavy (non-hydrogen) atoms. The second-order valence-electron chi connectivity index (χ2n) is 2.21. The van der Waals surface area contributed by atoms with E-state index in [4.69, 9.17) is 20.9 Å². The molecule has 0 bridgehead atoms. The Morgan fingerprint density at radius 3 is 1.56 bits per heavy atom. The zero-order valence-electron chi connectivity index (χ0n) is 4.78. The summed E-state index contributed by atoms with van der Waals surface area (Å²) in [5.41, 5.74) is 10.6. The molecule has 0 saturated carbocycles. The van der Waals surface area contributed by atoms with Gasteiger partial charge in [0.2, 0.25) is 0 Å². The zero-order valence-corrected chi connectivity index (χ0v) is 4.78. The number of ether oxygens (including phenoxy) is 2. The predicted molar refractivity (Wildman–Crippen MR) is 28.8 cm³/mol. The van der Waals surface area contributed by atoms with Gasteiger partial charge in [-0.2, -0.15) is 0 Å². The third-order valence-electron chi connectivity index (χ3n) is 1.38. The molecule has 4 unspecified atom stereocenters. The summed E-state index contributed by atoms with van der Waals surface area (Å²) in [5, 5.41) is 2.93. The molecule has 0 radical (unpaired) electrons. The number of hydrogen-bond donors (Lipinski definition) is 3. The smallest absolute Gasteiger partial charge is 0.152 e. The van der Waals surface area contributed by atoms with E-state index in [1.54, 1.807) is 0 Å². The summed E-state index contributed by atoms with van der Waals surface area (Å²) in [7, 11) is 0. The van der Waals surface area contributed by atoms with Crippen LogP contribution in [0.5, 0.6) is 0 Å². The van der Waals surface area contributed by atoms with E-state index in [0.29, 0.717) is 0 Å². The first kappa shape index (κ1) is 5.57. The van der Waals surface area contributed by atoms with Crippen LogP contribution in [0.2, 0.25) is 0 Å². The maximum atomic E-state index is 5.31. The summed E-state index contributed by atoms with van der Waals surface area (Å²) in [5.74, 6) is 0. The van der Waals surface area contributed by atoms with Crippen molar-refractivity contribution in [1.82, 2.24) is 5.32 Å². The largest absolute Gasteiger partial charge is 0.337 e. The second kappa shape index (κ2) is 1.65. The number of nitrogens with two attached hydrogens (primary N) is 2. The highest BCUT2D eigenvalue weighted by atomic mass is 16.7. The topological polar surface area (TPSA) is 89.1 Å². The number of hydrogen-bond acceptors (Lipinski definition) is 5. The fourth-order valence-corrected chi connectivity index (χ4v) is 0.678. The molecule has 52 valence electrons. The molecule has 2 fully saturated rings. The maximum Gasteiger partial charge on any atom is 0.152 e. The van der Waals surface area contributed by atoms with E-state index in [0.717, 1.165) is 0 Å². The third kappa shape index (κ3) is 1.05. The lowest BCUT2D eigenvalue weighted by Crippen LogP contribution is -2.28. The fraction of sp³-hybridized carbons (Fsp3) is 1.00. The molecule has 0 aromatic heterocycles. The van der Waals surface area contributed by atoms with E-state index in [2.05, 4.69) is 5.32 Å². The summed E-state index contributed by atoms with van der Waals surface area (Å²) in [6.07, 6.45) is -0.408. The van der Waals surface area contributed by atoms with Gasteiger partial charge in [0.25, 0.3) is 0 Å². The molecule has 0 aliphatic carbocycles. The maximum absolute atomic E-state index is 5.31. The highest BCUT2D eigenvalue weighted by molar-refractivity contribution is 4.85. The normalized spacial score (nSPS) is 55.3. The molecule has 2 aliphatic rings. The Hall–Kier alpha value is -0.200. The summed E-state index contributed by atoms with van der Waals surface area (Å²) in [6.45, 7) is 0. The highest BCUT2D eigenvalue weighted by Gasteiger charge is 2.44. The lowest BCUT2D eigenvalue weighted by molar-refractivity contribution is 0.295. The molecule has 2 aliphatic heterocycles. The van der Waals surface area contributed by atoms with Gasteiger partial charge in [-0.25, -0.2) is 0 Å².